The van der Waals surface area contributed by atoms with Crippen LogP contribution in [0.1, 0.15) is 432 Å². The molecule has 99 heavy (non-hydrogen) atoms. The van der Waals surface area contributed by atoms with Gasteiger partial charge in [0.1, 0.15) is 19.3 Å². The number of unbranched alkanes of at least 4 members (excludes halogenated alkanes) is 55. The smallest absolute Gasteiger partial charge is 0.462 e. The summed E-state index contributed by atoms with van der Waals surface area (Å²) in [5.74, 6) is -2.11. The first-order chi connectivity index (χ1) is 48.2. The largest absolute Gasteiger partial charge is 0.472 e. The van der Waals surface area contributed by atoms with Gasteiger partial charge in [0.2, 0.25) is 0 Å². The number of hydrogen-bond donors (Lipinski definition) is 3. The van der Waals surface area contributed by atoms with E-state index in [2.05, 4.69) is 27.7 Å². The normalized spacial score (nSPS) is 13.8. The van der Waals surface area contributed by atoms with Crippen LogP contribution in [0.15, 0.2) is 0 Å². The summed E-state index contributed by atoms with van der Waals surface area (Å²) in [7, 11) is -9.91. The first kappa shape index (κ1) is 97.1. The molecule has 2 unspecified atom stereocenters. The fourth-order valence-electron chi connectivity index (χ4n) is 12.5. The lowest BCUT2D eigenvalue weighted by atomic mass is 10.0. The zero-order valence-corrected chi connectivity index (χ0v) is 66.3. The summed E-state index contributed by atoms with van der Waals surface area (Å²) in [5.41, 5.74) is 0. The summed E-state index contributed by atoms with van der Waals surface area (Å²) in [5, 5.41) is 10.6. The van der Waals surface area contributed by atoms with E-state index in [0.29, 0.717) is 25.7 Å². The monoisotopic (exact) mass is 1450 g/mol. The molecule has 0 heterocycles. The molecule has 0 radical (unpaired) electrons. The number of rotatable bonds is 81. The Labute approximate surface area is 607 Å². The van der Waals surface area contributed by atoms with Gasteiger partial charge in [-0.1, -0.05) is 381 Å². The van der Waals surface area contributed by atoms with Crippen LogP contribution in [-0.4, -0.2) is 96.7 Å². The number of phosphoric ester groups is 2. The number of aliphatic hydroxyl groups is 1. The number of carbonyl (C=O) groups excluding carboxylic acids is 4. The minimum atomic E-state index is -4.96. The molecule has 0 aromatic heterocycles. The average Bonchev–Trinajstić information content (AvgIpc) is 1.32. The van der Waals surface area contributed by atoms with Crippen LogP contribution in [0.25, 0.3) is 0 Å². The van der Waals surface area contributed by atoms with Crippen molar-refractivity contribution >= 4 is 39.5 Å². The quantitative estimate of drug-likeness (QED) is 0.0222. The molecule has 0 aromatic rings. The van der Waals surface area contributed by atoms with Crippen LogP contribution >= 0.6 is 15.6 Å². The Hall–Kier alpha value is -1.94. The Morgan fingerprint density at radius 3 is 0.596 bits per heavy atom. The second-order valence-corrected chi connectivity index (χ2v) is 31.7. The number of hydrogen-bond acceptors (Lipinski definition) is 15. The third-order valence-corrected chi connectivity index (χ3v) is 20.8. The molecule has 17 nitrogen and oxygen atoms in total. The van der Waals surface area contributed by atoms with Gasteiger partial charge in [-0.25, -0.2) is 9.13 Å². The van der Waals surface area contributed by atoms with Gasteiger partial charge in [-0.3, -0.25) is 37.3 Å². The van der Waals surface area contributed by atoms with Crippen molar-refractivity contribution in [3.63, 3.8) is 0 Å². The summed E-state index contributed by atoms with van der Waals surface area (Å²) in [6.45, 7) is 4.99. The zero-order valence-electron chi connectivity index (χ0n) is 64.5. The molecular formula is C80H156O17P2. The van der Waals surface area contributed by atoms with Gasteiger partial charge in [0.15, 0.2) is 12.2 Å². The first-order valence-corrected chi connectivity index (χ1v) is 44.8. The van der Waals surface area contributed by atoms with E-state index in [1.54, 1.807) is 0 Å². The van der Waals surface area contributed by atoms with Gasteiger partial charge in [-0.2, -0.15) is 0 Å². The topological polar surface area (TPSA) is 237 Å². The van der Waals surface area contributed by atoms with Gasteiger partial charge in [-0.15, -0.1) is 0 Å². The Morgan fingerprint density at radius 1 is 0.242 bits per heavy atom. The Kier molecular flexibility index (Phi) is 72.9. The molecule has 0 spiro atoms. The van der Waals surface area contributed by atoms with Crippen molar-refractivity contribution < 1.29 is 80.2 Å². The molecule has 5 atom stereocenters. The van der Waals surface area contributed by atoms with Crippen LogP contribution in [0.2, 0.25) is 0 Å². The fourth-order valence-corrected chi connectivity index (χ4v) is 14.0. The molecule has 0 saturated heterocycles. The Balaban J connectivity index is 5.18. The number of aliphatic hydroxyl groups excluding tert-OH is 1. The summed E-state index contributed by atoms with van der Waals surface area (Å²) in [6.07, 6.45) is 66.7. The maximum Gasteiger partial charge on any atom is 0.472 e. The molecule has 3 N–H and O–H groups in total. The highest BCUT2D eigenvalue weighted by Crippen LogP contribution is 2.45. The van der Waals surface area contributed by atoms with Gasteiger partial charge >= 0.3 is 39.5 Å². The van der Waals surface area contributed by atoms with E-state index in [4.69, 9.17) is 37.0 Å². The highest BCUT2D eigenvalue weighted by Gasteiger charge is 2.30. The van der Waals surface area contributed by atoms with E-state index in [0.717, 1.165) is 89.9 Å². The van der Waals surface area contributed by atoms with Crippen LogP contribution in [0.4, 0.5) is 0 Å². The van der Waals surface area contributed by atoms with E-state index in [9.17, 15) is 43.2 Å². The molecule has 0 fully saturated rings. The molecule has 588 valence electrons. The molecule has 0 bridgehead atoms. The summed E-state index contributed by atoms with van der Waals surface area (Å²) in [6, 6.07) is 0. The molecule has 0 aliphatic carbocycles. The van der Waals surface area contributed by atoms with Crippen LogP contribution in [0.5, 0.6) is 0 Å². The standard InChI is InChI=1S/C80H156O17P2/c1-5-9-13-17-21-25-28-30-32-34-36-37-38-40-42-44-47-51-55-59-63-67-80(85)97-76(71-91-78(83)65-61-57-53-49-46-43-41-39-35-33-31-29-26-22-18-14-10-6-2)73-95-99(88,89)93-69-74(81)68-92-98(86,87)94-72-75(70-90-77(82)64-60-56-52-48-24-20-16-12-8-4)96-79(84)66-62-58-54-50-45-27-23-19-15-11-7-3/h74-76,81H,5-73H2,1-4H3,(H,86,87)(H,88,89)/t74-,75+,76+/m0/s1. The third-order valence-electron chi connectivity index (χ3n) is 18.9. The summed E-state index contributed by atoms with van der Waals surface area (Å²) < 4.78 is 68.6. The highest BCUT2D eigenvalue weighted by atomic mass is 31.2. The van der Waals surface area contributed by atoms with Crippen molar-refractivity contribution in [2.45, 2.75) is 451 Å². The molecule has 0 aliphatic heterocycles. The molecule has 0 aliphatic rings. The fraction of sp³-hybridized carbons (Fsp3) is 0.950. The number of esters is 4. The first-order valence-electron chi connectivity index (χ1n) is 41.8. The predicted molar refractivity (Wildman–Crippen MR) is 405 cm³/mol. The van der Waals surface area contributed by atoms with E-state index >= 15 is 0 Å². The lowest BCUT2D eigenvalue weighted by molar-refractivity contribution is -0.161. The summed E-state index contributed by atoms with van der Waals surface area (Å²) >= 11 is 0. The maximum absolute atomic E-state index is 13.1. The molecule has 19 heteroatoms. The lowest BCUT2D eigenvalue weighted by Crippen LogP contribution is -2.30. The van der Waals surface area contributed by atoms with Crippen molar-refractivity contribution in [1.82, 2.24) is 0 Å². The Morgan fingerprint density at radius 2 is 0.404 bits per heavy atom. The Bertz CT molecular complexity index is 1880. The lowest BCUT2D eigenvalue weighted by Gasteiger charge is -2.21. The minimum absolute atomic E-state index is 0.108. The van der Waals surface area contributed by atoms with E-state index in [-0.39, 0.29) is 25.7 Å². The van der Waals surface area contributed by atoms with Crippen LogP contribution in [-0.2, 0) is 65.4 Å². The van der Waals surface area contributed by atoms with Crippen molar-refractivity contribution in [1.29, 1.82) is 0 Å². The second-order valence-electron chi connectivity index (χ2n) is 28.8. The third kappa shape index (κ3) is 74.1. The summed E-state index contributed by atoms with van der Waals surface area (Å²) in [4.78, 5) is 72.9. The van der Waals surface area contributed by atoms with Gasteiger partial charge in [-0.05, 0) is 25.7 Å². The minimum Gasteiger partial charge on any atom is -0.462 e. The second kappa shape index (κ2) is 74.3. The zero-order chi connectivity index (χ0) is 72.5. The number of phosphoric acid groups is 2. The number of carbonyl (C=O) groups is 4. The van der Waals surface area contributed by atoms with Gasteiger partial charge in [0.05, 0.1) is 26.4 Å². The molecule has 0 aromatic carbocycles. The highest BCUT2D eigenvalue weighted by molar-refractivity contribution is 7.47. The predicted octanol–water partition coefficient (Wildman–Crippen LogP) is 24.2. The van der Waals surface area contributed by atoms with Gasteiger partial charge < -0.3 is 33.8 Å². The van der Waals surface area contributed by atoms with Crippen molar-refractivity contribution in [3.05, 3.63) is 0 Å². The van der Waals surface area contributed by atoms with Crippen LogP contribution in [0, 0.1) is 0 Å². The molecule has 0 amide bonds. The van der Waals surface area contributed by atoms with Crippen molar-refractivity contribution in [2.75, 3.05) is 39.6 Å². The van der Waals surface area contributed by atoms with E-state index < -0.39 is 97.5 Å². The van der Waals surface area contributed by atoms with Gasteiger partial charge in [0, 0.05) is 25.7 Å². The van der Waals surface area contributed by atoms with Crippen LogP contribution in [0.3, 0.4) is 0 Å². The van der Waals surface area contributed by atoms with Crippen molar-refractivity contribution in [3.8, 4) is 0 Å². The van der Waals surface area contributed by atoms with Gasteiger partial charge in [0.25, 0.3) is 0 Å². The number of ether oxygens (including phenoxy) is 4. The molecule has 0 rings (SSSR count). The molecule has 0 saturated carbocycles. The van der Waals surface area contributed by atoms with E-state index in [1.807, 2.05) is 0 Å². The molecular weight excluding hydrogens is 1290 g/mol. The van der Waals surface area contributed by atoms with E-state index in [1.165, 1.54) is 263 Å². The maximum atomic E-state index is 13.1. The average molecular weight is 1450 g/mol. The van der Waals surface area contributed by atoms with Crippen LogP contribution < -0.4 is 0 Å². The van der Waals surface area contributed by atoms with Crippen molar-refractivity contribution in [2.24, 2.45) is 0 Å². The SMILES string of the molecule is CCCCCCCCCCCCCCCCCCCCCCCC(=O)O[C@H](COC(=O)CCCCCCCCCCCCCCCCCCCC)COP(=O)(O)OC[C@@H](O)COP(=O)(O)OC[C@@H](COC(=O)CCCCCCCCCCC)OC(=O)CCCCCCCCCCCCC.